The molecule has 18 heavy (non-hydrogen) atoms. The molecule has 0 saturated heterocycles. The van der Waals surface area contributed by atoms with Crippen molar-refractivity contribution in [3.05, 3.63) is 29.8 Å². The van der Waals surface area contributed by atoms with E-state index in [9.17, 15) is 0 Å². The van der Waals surface area contributed by atoms with Crippen molar-refractivity contribution in [1.29, 1.82) is 0 Å². The predicted molar refractivity (Wildman–Crippen MR) is 78.2 cm³/mol. The van der Waals surface area contributed by atoms with Crippen molar-refractivity contribution in [1.82, 2.24) is 0 Å². The predicted octanol–water partition coefficient (Wildman–Crippen LogP) is 4.48. The van der Waals surface area contributed by atoms with Crippen molar-refractivity contribution in [3.8, 4) is 17.6 Å². The molecule has 0 radical (unpaired) electrons. The van der Waals surface area contributed by atoms with Gasteiger partial charge >= 0.3 is 0 Å². The first-order chi connectivity index (χ1) is 8.76. The summed E-state index contributed by atoms with van der Waals surface area (Å²) in [4.78, 5) is 0. The average Bonchev–Trinajstić information content (AvgIpc) is 2.38. The molecule has 1 unspecified atom stereocenters. The normalized spacial score (nSPS) is 11.5. The highest BCUT2D eigenvalue weighted by Crippen LogP contribution is 2.14. The number of hydrogen-bond donors (Lipinski definition) is 0. The van der Waals surface area contributed by atoms with Crippen LogP contribution in [-0.2, 0) is 0 Å². The van der Waals surface area contributed by atoms with E-state index in [4.69, 9.17) is 16.3 Å². The molecule has 0 heterocycles. The van der Waals surface area contributed by atoms with Gasteiger partial charge in [0.25, 0.3) is 0 Å². The third-order valence-electron chi connectivity index (χ3n) is 2.62. The van der Waals surface area contributed by atoms with Crippen molar-refractivity contribution in [2.24, 2.45) is 5.92 Å². The monoisotopic (exact) mass is 264 g/mol. The van der Waals surface area contributed by atoms with E-state index in [0.717, 1.165) is 24.3 Å². The molecule has 1 aromatic carbocycles. The maximum Gasteiger partial charge on any atom is 0.119 e. The van der Waals surface area contributed by atoms with Crippen LogP contribution in [0.5, 0.6) is 5.75 Å². The van der Waals surface area contributed by atoms with E-state index in [1.807, 2.05) is 24.3 Å². The van der Waals surface area contributed by atoms with Gasteiger partial charge in [-0.05, 0) is 36.6 Å². The summed E-state index contributed by atoms with van der Waals surface area (Å²) in [7, 11) is 0. The Bertz CT molecular complexity index is 386. The molecule has 0 amide bonds. The molecule has 0 N–H and O–H groups in total. The average molecular weight is 265 g/mol. The molecule has 0 aliphatic rings. The lowest BCUT2D eigenvalue weighted by molar-refractivity contribution is 0.251. The van der Waals surface area contributed by atoms with Gasteiger partial charge in [-0.3, -0.25) is 0 Å². The maximum atomic E-state index is 5.73. The molecule has 1 nitrogen and oxygen atoms in total. The lowest BCUT2D eigenvalue weighted by atomic mass is 10.1. The smallest absolute Gasteiger partial charge is 0.119 e. The minimum atomic E-state index is 0.587. The Kier molecular flexibility index (Phi) is 7.37. The fourth-order valence-electron chi connectivity index (χ4n) is 1.66. The Balaban J connectivity index is 2.43. The topological polar surface area (TPSA) is 9.23 Å². The van der Waals surface area contributed by atoms with Gasteiger partial charge in [0, 0.05) is 17.9 Å². The molecule has 0 aromatic heterocycles. The second-order valence-electron chi connectivity index (χ2n) is 4.47. The molecule has 1 aromatic rings. The van der Waals surface area contributed by atoms with Crippen LogP contribution in [0.25, 0.3) is 0 Å². The van der Waals surface area contributed by atoms with Gasteiger partial charge in [0.15, 0.2) is 0 Å². The zero-order valence-electron chi connectivity index (χ0n) is 11.2. The highest BCUT2D eigenvalue weighted by Gasteiger charge is 2.01. The molecule has 0 aliphatic carbocycles. The summed E-state index contributed by atoms with van der Waals surface area (Å²) in [5.41, 5.74) is 1.01. The Morgan fingerprint density at radius 2 is 2.00 bits per heavy atom. The van der Waals surface area contributed by atoms with E-state index in [1.165, 1.54) is 12.8 Å². The van der Waals surface area contributed by atoms with Gasteiger partial charge in [-0.2, -0.15) is 0 Å². The van der Waals surface area contributed by atoms with Crippen LogP contribution in [0.4, 0.5) is 0 Å². The molecule has 0 saturated carbocycles. The minimum absolute atomic E-state index is 0.587. The van der Waals surface area contributed by atoms with Crippen LogP contribution in [0.15, 0.2) is 24.3 Å². The number of alkyl halides is 1. The van der Waals surface area contributed by atoms with Crippen molar-refractivity contribution < 1.29 is 4.74 Å². The fraction of sp³-hybridized carbons (Fsp3) is 0.500. The van der Waals surface area contributed by atoms with Crippen molar-refractivity contribution in [2.45, 2.75) is 33.1 Å². The summed E-state index contributed by atoms with van der Waals surface area (Å²) in [6.07, 6.45) is 3.15. The van der Waals surface area contributed by atoms with Crippen molar-refractivity contribution >= 4 is 11.6 Å². The lowest BCUT2D eigenvalue weighted by Gasteiger charge is -2.11. The van der Waals surface area contributed by atoms with Gasteiger partial charge in [-0.15, -0.1) is 11.6 Å². The zero-order chi connectivity index (χ0) is 13.2. The van der Waals surface area contributed by atoms with Crippen LogP contribution in [0.2, 0.25) is 0 Å². The van der Waals surface area contributed by atoms with E-state index >= 15 is 0 Å². The first kappa shape index (κ1) is 14.9. The first-order valence-corrected chi connectivity index (χ1v) is 7.07. The van der Waals surface area contributed by atoms with E-state index in [2.05, 4.69) is 25.7 Å². The first-order valence-electron chi connectivity index (χ1n) is 6.54. The van der Waals surface area contributed by atoms with Gasteiger partial charge in [0.1, 0.15) is 5.75 Å². The fourth-order valence-corrected chi connectivity index (χ4v) is 1.76. The van der Waals surface area contributed by atoms with Gasteiger partial charge in [-0.1, -0.05) is 32.1 Å². The molecule has 1 atom stereocenters. The summed E-state index contributed by atoms with van der Waals surface area (Å²) in [6.45, 7) is 5.20. The SMILES string of the molecule is CCCC(C)COc1ccc(C#CCCCl)cc1. The summed E-state index contributed by atoms with van der Waals surface area (Å²) < 4.78 is 5.73. The number of halogens is 1. The summed E-state index contributed by atoms with van der Waals surface area (Å²) in [5.74, 6) is 8.20. The summed E-state index contributed by atoms with van der Waals surface area (Å²) in [6, 6.07) is 7.93. The Morgan fingerprint density at radius 3 is 2.61 bits per heavy atom. The van der Waals surface area contributed by atoms with E-state index < -0.39 is 0 Å². The Morgan fingerprint density at radius 1 is 1.28 bits per heavy atom. The van der Waals surface area contributed by atoms with Crippen molar-refractivity contribution in [2.75, 3.05) is 12.5 Å². The van der Waals surface area contributed by atoms with Crippen LogP contribution < -0.4 is 4.74 Å². The molecule has 98 valence electrons. The second-order valence-corrected chi connectivity index (χ2v) is 4.85. The third kappa shape index (κ3) is 5.98. The van der Waals surface area contributed by atoms with Crippen LogP contribution >= 0.6 is 11.6 Å². The van der Waals surface area contributed by atoms with Crippen LogP contribution in [-0.4, -0.2) is 12.5 Å². The lowest BCUT2D eigenvalue weighted by Crippen LogP contribution is -2.07. The number of hydrogen-bond acceptors (Lipinski definition) is 1. The molecule has 2 heteroatoms. The zero-order valence-corrected chi connectivity index (χ0v) is 12.0. The highest BCUT2D eigenvalue weighted by atomic mass is 35.5. The summed E-state index contributed by atoms with van der Waals surface area (Å²) >= 11 is 5.57. The minimum Gasteiger partial charge on any atom is -0.493 e. The number of ether oxygens (including phenoxy) is 1. The van der Waals surface area contributed by atoms with E-state index in [1.54, 1.807) is 0 Å². The van der Waals surface area contributed by atoms with Crippen molar-refractivity contribution in [3.63, 3.8) is 0 Å². The molecule has 0 spiro atoms. The van der Waals surface area contributed by atoms with Gasteiger partial charge < -0.3 is 4.74 Å². The van der Waals surface area contributed by atoms with Gasteiger partial charge in [-0.25, -0.2) is 0 Å². The summed E-state index contributed by atoms with van der Waals surface area (Å²) in [5, 5.41) is 0. The quantitative estimate of drug-likeness (QED) is 0.544. The largest absolute Gasteiger partial charge is 0.493 e. The molecular weight excluding hydrogens is 244 g/mol. The molecule has 0 aliphatic heterocycles. The van der Waals surface area contributed by atoms with Gasteiger partial charge in [0.2, 0.25) is 0 Å². The number of rotatable bonds is 6. The van der Waals surface area contributed by atoms with Crippen LogP contribution in [0.1, 0.15) is 38.7 Å². The van der Waals surface area contributed by atoms with Crippen LogP contribution in [0, 0.1) is 17.8 Å². The Hall–Kier alpha value is -1.13. The standard InChI is InChI=1S/C16H21ClO/c1-3-6-14(2)13-18-16-10-8-15(9-11-16)7-4-5-12-17/h8-11,14H,3,5-6,12-13H2,1-2H3. The van der Waals surface area contributed by atoms with Crippen LogP contribution in [0.3, 0.4) is 0 Å². The van der Waals surface area contributed by atoms with E-state index in [-0.39, 0.29) is 0 Å². The molecular formula is C16H21ClO. The highest BCUT2D eigenvalue weighted by molar-refractivity contribution is 6.18. The third-order valence-corrected chi connectivity index (χ3v) is 2.81. The Labute approximate surface area is 115 Å². The molecule has 0 fully saturated rings. The molecule has 1 rings (SSSR count). The molecule has 0 bridgehead atoms. The second kappa shape index (κ2) is 8.89. The van der Waals surface area contributed by atoms with E-state index in [0.29, 0.717) is 11.8 Å². The maximum absolute atomic E-state index is 5.73. The van der Waals surface area contributed by atoms with Gasteiger partial charge in [0.05, 0.1) is 6.61 Å². The number of benzene rings is 1.